The summed E-state index contributed by atoms with van der Waals surface area (Å²) in [7, 11) is 0. The number of carbonyl (C=O) groups excluding carboxylic acids is 1. The van der Waals surface area contributed by atoms with Gasteiger partial charge in [-0.05, 0) is 43.2 Å². The standard InChI is InChI=1S/C20H18F4N6O/c21-13-3-1-12(2-4-13)16-17(15-5-8-26-19(25)28-15)30(11-27-16)14-6-9-29(10-7-14)18(31)20(22,23)24/h1-5,8,11,14H,6-7,9-10H2,(H2,25,26,28). The fraction of sp³-hybridized carbons (Fsp3) is 0.300. The van der Waals surface area contributed by atoms with Crippen LogP contribution in [0.5, 0.6) is 0 Å². The van der Waals surface area contributed by atoms with Gasteiger partial charge in [0.05, 0.1) is 23.4 Å². The SMILES string of the molecule is Nc1nccc(-c2c(-c3ccc(F)cc3)ncn2C2CCN(C(=O)C(F)(F)F)CC2)n1. The van der Waals surface area contributed by atoms with Crippen LogP contribution < -0.4 is 5.73 Å². The number of hydrogen-bond donors (Lipinski definition) is 1. The highest BCUT2D eigenvalue weighted by atomic mass is 19.4. The molecular formula is C20H18F4N6O. The van der Waals surface area contributed by atoms with Crippen molar-refractivity contribution in [1.82, 2.24) is 24.4 Å². The van der Waals surface area contributed by atoms with Gasteiger partial charge in [0.1, 0.15) is 5.82 Å². The minimum Gasteiger partial charge on any atom is -0.368 e. The molecule has 7 nitrogen and oxygen atoms in total. The third kappa shape index (κ3) is 4.21. The van der Waals surface area contributed by atoms with Crippen molar-refractivity contribution in [2.75, 3.05) is 18.8 Å². The van der Waals surface area contributed by atoms with Gasteiger partial charge in [0.2, 0.25) is 5.95 Å². The number of imidazole rings is 1. The molecule has 0 spiro atoms. The number of alkyl halides is 3. The van der Waals surface area contributed by atoms with Gasteiger partial charge in [0.25, 0.3) is 0 Å². The first-order chi connectivity index (χ1) is 14.7. The van der Waals surface area contributed by atoms with E-state index in [2.05, 4.69) is 15.0 Å². The topological polar surface area (TPSA) is 89.9 Å². The number of piperidine rings is 1. The zero-order chi connectivity index (χ0) is 22.2. The van der Waals surface area contributed by atoms with Gasteiger partial charge in [0.15, 0.2) is 0 Å². The highest BCUT2D eigenvalue weighted by molar-refractivity contribution is 5.82. The summed E-state index contributed by atoms with van der Waals surface area (Å²) in [6.07, 6.45) is -1.18. The zero-order valence-electron chi connectivity index (χ0n) is 16.2. The maximum atomic E-state index is 13.4. The van der Waals surface area contributed by atoms with Crippen molar-refractivity contribution in [1.29, 1.82) is 0 Å². The van der Waals surface area contributed by atoms with Crippen LogP contribution in [-0.2, 0) is 4.79 Å². The second-order valence-corrected chi connectivity index (χ2v) is 7.18. The van der Waals surface area contributed by atoms with Crippen LogP contribution in [0.1, 0.15) is 18.9 Å². The van der Waals surface area contributed by atoms with Crippen LogP contribution >= 0.6 is 0 Å². The van der Waals surface area contributed by atoms with E-state index in [0.29, 0.717) is 35.5 Å². The third-order valence-corrected chi connectivity index (χ3v) is 5.22. The van der Waals surface area contributed by atoms with Crippen LogP contribution in [0.3, 0.4) is 0 Å². The summed E-state index contributed by atoms with van der Waals surface area (Å²) in [5.41, 5.74) is 8.01. The molecule has 11 heteroatoms. The average Bonchev–Trinajstić information content (AvgIpc) is 3.18. The van der Waals surface area contributed by atoms with Gasteiger partial charge in [-0.25, -0.2) is 19.3 Å². The summed E-state index contributed by atoms with van der Waals surface area (Å²) in [5, 5.41) is 0. The van der Waals surface area contributed by atoms with E-state index in [-0.39, 0.29) is 25.1 Å². The van der Waals surface area contributed by atoms with E-state index >= 15 is 0 Å². The van der Waals surface area contributed by atoms with Crippen molar-refractivity contribution in [3.05, 3.63) is 48.7 Å². The van der Waals surface area contributed by atoms with Crippen molar-refractivity contribution in [3.8, 4) is 22.6 Å². The predicted octanol–water partition coefficient (Wildman–Crippen LogP) is 3.45. The quantitative estimate of drug-likeness (QED) is 0.638. The van der Waals surface area contributed by atoms with Crippen molar-refractivity contribution in [2.45, 2.75) is 25.1 Å². The van der Waals surface area contributed by atoms with E-state index in [0.717, 1.165) is 4.90 Å². The summed E-state index contributed by atoms with van der Waals surface area (Å²) < 4.78 is 53.4. The van der Waals surface area contributed by atoms with Crippen LogP contribution in [-0.4, -0.2) is 49.6 Å². The second kappa shape index (κ2) is 7.97. The second-order valence-electron chi connectivity index (χ2n) is 7.18. The summed E-state index contributed by atoms with van der Waals surface area (Å²) in [5.74, 6) is -2.16. The molecule has 31 heavy (non-hydrogen) atoms. The Kier molecular flexibility index (Phi) is 5.34. The monoisotopic (exact) mass is 434 g/mol. The smallest absolute Gasteiger partial charge is 0.368 e. The van der Waals surface area contributed by atoms with Crippen LogP contribution in [0.2, 0.25) is 0 Å². The van der Waals surface area contributed by atoms with Crippen LogP contribution in [0.15, 0.2) is 42.9 Å². The number of nitrogen functional groups attached to an aromatic ring is 1. The number of benzene rings is 1. The van der Waals surface area contributed by atoms with Crippen LogP contribution in [0.4, 0.5) is 23.5 Å². The van der Waals surface area contributed by atoms with Crippen molar-refractivity contribution in [2.24, 2.45) is 0 Å². The van der Waals surface area contributed by atoms with E-state index in [9.17, 15) is 22.4 Å². The molecule has 4 rings (SSSR count). The molecule has 0 bridgehead atoms. The first-order valence-corrected chi connectivity index (χ1v) is 9.52. The number of carbonyl (C=O) groups is 1. The molecule has 1 aliphatic rings. The van der Waals surface area contributed by atoms with Crippen LogP contribution in [0, 0.1) is 5.82 Å². The molecular weight excluding hydrogens is 416 g/mol. The fourth-order valence-corrected chi connectivity index (χ4v) is 3.74. The largest absolute Gasteiger partial charge is 0.471 e. The molecule has 1 amide bonds. The van der Waals surface area contributed by atoms with Gasteiger partial charge in [-0.15, -0.1) is 0 Å². The van der Waals surface area contributed by atoms with Gasteiger partial charge in [-0.2, -0.15) is 13.2 Å². The Hall–Kier alpha value is -3.50. The highest BCUT2D eigenvalue weighted by Gasteiger charge is 2.43. The summed E-state index contributed by atoms with van der Waals surface area (Å²) in [6.45, 7) is -0.0587. The van der Waals surface area contributed by atoms with E-state index in [1.54, 1.807) is 24.5 Å². The first-order valence-electron chi connectivity index (χ1n) is 9.52. The molecule has 3 heterocycles. The fourth-order valence-electron chi connectivity index (χ4n) is 3.74. The van der Waals surface area contributed by atoms with Gasteiger partial charge >= 0.3 is 12.1 Å². The van der Waals surface area contributed by atoms with Crippen LogP contribution in [0.25, 0.3) is 22.6 Å². The molecule has 1 saturated heterocycles. The third-order valence-electron chi connectivity index (χ3n) is 5.22. The zero-order valence-corrected chi connectivity index (χ0v) is 16.2. The van der Waals surface area contributed by atoms with Crippen molar-refractivity contribution in [3.63, 3.8) is 0 Å². The summed E-state index contributed by atoms with van der Waals surface area (Å²) >= 11 is 0. The number of anilines is 1. The lowest BCUT2D eigenvalue weighted by molar-refractivity contribution is -0.186. The molecule has 0 aliphatic carbocycles. The number of nitrogens with zero attached hydrogens (tertiary/aromatic N) is 5. The molecule has 1 aromatic carbocycles. The Labute approximate surface area is 174 Å². The number of nitrogens with two attached hydrogens (primary N) is 1. The van der Waals surface area contributed by atoms with E-state index in [4.69, 9.17) is 5.73 Å². The van der Waals surface area contributed by atoms with Crippen molar-refractivity contribution < 1.29 is 22.4 Å². The summed E-state index contributed by atoms with van der Waals surface area (Å²) in [4.78, 5) is 25.0. The normalized spacial score (nSPS) is 15.3. The molecule has 0 radical (unpaired) electrons. The Morgan fingerprint density at radius 3 is 2.35 bits per heavy atom. The molecule has 1 aliphatic heterocycles. The van der Waals surface area contributed by atoms with Gasteiger partial charge in [-0.3, -0.25) is 4.79 Å². The Bertz CT molecular complexity index is 1090. The Balaban J connectivity index is 1.69. The Morgan fingerprint density at radius 1 is 1.06 bits per heavy atom. The Morgan fingerprint density at radius 2 is 1.74 bits per heavy atom. The predicted molar refractivity (Wildman–Crippen MR) is 104 cm³/mol. The highest BCUT2D eigenvalue weighted by Crippen LogP contribution is 2.36. The minimum atomic E-state index is -4.89. The maximum Gasteiger partial charge on any atom is 0.471 e. The van der Waals surface area contributed by atoms with E-state index in [1.807, 2.05) is 4.57 Å². The lowest BCUT2D eigenvalue weighted by Gasteiger charge is -2.33. The number of halogens is 4. The van der Waals surface area contributed by atoms with E-state index < -0.39 is 17.9 Å². The molecule has 0 unspecified atom stereocenters. The van der Waals surface area contributed by atoms with E-state index in [1.165, 1.54) is 18.3 Å². The number of aromatic nitrogens is 4. The summed E-state index contributed by atoms with van der Waals surface area (Å²) in [6, 6.07) is 7.24. The number of likely N-dealkylation sites (tertiary alicyclic amines) is 1. The molecule has 3 aromatic rings. The minimum absolute atomic E-state index is 0.0293. The molecule has 0 saturated carbocycles. The maximum absolute atomic E-state index is 13.4. The van der Waals surface area contributed by atoms with Gasteiger partial charge < -0.3 is 15.2 Å². The lowest BCUT2D eigenvalue weighted by atomic mass is 10.0. The van der Waals surface area contributed by atoms with Gasteiger partial charge in [-0.1, -0.05) is 0 Å². The molecule has 162 valence electrons. The first kappa shape index (κ1) is 20.8. The molecule has 2 aromatic heterocycles. The van der Waals surface area contributed by atoms with Gasteiger partial charge in [0, 0.05) is 30.9 Å². The average molecular weight is 434 g/mol. The number of hydrogen-bond acceptors (Lipinski definition) is 5. The lowest BCUT2D eigenvalue weighted by Crippen LogP contribution is -2.45. The molecule has 1 fully saturated rings. The van der Waals surface area contributed by atoms with Crippen molar-refractivity contribution >= 4 is 11.9 Å². The number of amides is 1. The molecule has 2 N–H and O–H groups in total. The molecule has 0 atom stereocenters. The number of rotatable bonds is 3.